The van der Waals surface area contributed by atoms with Gasteiger partial charge in [-0.25, -0.2) is 4.79 Å². The molecule has 0 radical (unpaired) electrons. The first-order valence-corrected chi connectivity index (χ1v) is 32.0. The molecular weight excluding hydrogens is 947 g/mol. The lowest BCUT2D eigenvalue weighted by atomic mass is 10.0. The predicted molar refractivity (Wildman–Crippen MR) is 323 cm³/mol. The van der Waals surface area contributed by atoms with E-state index in [-0.39, 0.29) is 32.2 Å². The molecule has 2 unspecified atom stereocenters. The van der Waals surface area contributed by atoms with Crippen molar-refractivity contribution in [3.05, 3.63) is 60.8 Å². The maximum absolute atomic E-state index is 12.9. The number of quaternary nitrogens is 1. The fourth-order valence-electron chi connectivity index (χ4n) is 9.16. The molecule has 0 aromatic carbocycles. The lowest BCUT2D eigenvalue weighted by Gasteiger charge is -2.25. The molecule has 0 saturated carbocycles. The van der Waals surface area contributed by atoms with E-state index in [0.29, 0.717) is 17.4 Å². The molecule has 0 aromatic heterocycles. The van der Waals surface area contributed by atoms with E-state index in [4.69, 9.17) is 18.9 Å². The van der Waals surface area contributed by atoms with E-state index in [2.05, 4.69) is 74.6 Å². The summed E-state index contributed by atoms with van der Waals surface area (Å²) in [5.41, 5.74) is 0. The SMILES string of the molecule is CC/C=C\C/C=C\C/C=C\C/C=C\C/C=C\CCCCCCCCCCCCCCCC(=O)OC(COC(=O)CCCCCCCCCCCCCCCCCCCCCCCC)COC(OCC[N+](C)(C)C)C(=O)O. The second-order valence-electron chi connectivity index (χ2n) is 22.7. The smallest absolute Gasteiger partial charge is 0.361 e. The number of hydrogen-bond donors (Lipinski definition) is 1. The van der Waals surface area contributed by atoms with Crippen molar-refractivity contribution in [2.75, 3.05) is 47.5 Å². The summed E-state index contributed by atoms with van der Waals surface area (Å²) in [5, 5.41) is 9.73. The third-order valence-corrected chi connectivity index (χ3v) is 14.0. The van der Waals surface area contributed by atoms with Gasteiger partial charge in [-0.1, -0.05) is 280 Å². The molecule has 0 spiro atoms. The average molecular weight is 1070 g/mol. The summed E-state index contributed by atoms with van der Waals surface area (Å²) in [6.07, 6.45) is 71.7. The molecule has 442 valence electrons. The Balaban J connectivity index is 4.16. The van der Waals surface area contributed by atoms with Crippen molar-refractivity contribution < 1.29 is 42.9 Å². The summed E-state index contributed by atoms with van der Waals surface area (Å²) in [7, 11) is 5.98. The first-order chi connectivity index (χ1) is 37.1. The summed E-state index contributed by atoms with van der Waals surface area (Å²) >= 11 is 0. The Labute approximate surface area is 469 Å². The zero-order valence-corrected chi connectivity index (χ0v) is 50.4. The van der Waals surface area contributed by atoms with Crippen LogP contribution in [0.25, 0.3) is 0 Å². The molecular formula is C67H122NO8+. The highest BCUT2D eigenvalue weighted by Gasteiger charge is 2.25. The third-order valence-electron chi connectivity index (χ3n) is 14.0. The normalized spacial score (nSPS) is 13.1. The molecule has 0 fully saturated rings. The van der Waals surface area contributed by atoms with Gasteiger partial charge in [0.2, 0.25) is 0 Å². The van der Waals surface area contributed by atoms with E-state index in [9.17, 15) is 19.5 Å². The number of esters is 2. The Bertz CT molecular complexity index is 1430. The van der Waals surface area contributed by atoms with Crippen molar-refractivity contribution in [2.45, 2.75) is 302 Å². The molecule has 0 aliphatic carbocycles. The summed E-state index contributed by atoms with van der Waals surface area (Å²) < 4.78 is 23.0. The van der Waals surface area contributed by atoms with Gasteiger partial charge in [0.1, 0.15) is 13.2 Å². The van der Waals surface area contributed by atoms with Crippen LogP contribution in [0.5, 0.6) is 0 Å². The number of carbonyl (C=O) groups is 3. The van der Waals surface area contributed by atoms with Gasteiger partial charge in [-0.05, 0) is 57.8 Å². The van der Waals surface area contributed by atoms with Crippen molar-refractivity contribution in [1.29, 1.82) is 0 Å². The topological polar surface area (TPSA) is 108 Å². The number of nitrogens with zero attached hydrogens (tertiary/aromatic N) is 1. The van der Waals surface area contributed by atoms with Crippen LogP contribution in [0.15, 0.2) is 60.8 Å². The summed E-state index contributed by atoms with van der Waals surface area (Å²) in [6, 6.07) is 0. The van der Waals surface area contributed by atoms with E-state index < -0.39 is 24.3 Å². The quantitative estimate of drug-likeness (QED) is 0.0211. The molecule has 0 aliphatic heterocycles. The molecule has 0 rings (SSSR count). The van der Waals surface area contributed by atoms with Crippen LogP contribution in [-0.4, -0.2) is 87.4 Å². The number of allylic oxidation sites excluding steroid dienone is 10. The number of carboxylic acid groups (broad SMARTS) is 1. The molecule has 0 heterocycles. The van der Waals surface area contributed by atoms with Gasteiger partial charge in [-0.15, -0.1) is 0 Å². The minimum absolute atomic E-state index is 0.180. The molecule has 1 N–H and O–H groups in total. The van der Waals surface area contributed by atoms with Gasteiger partial charge in [0.15, 0.2) is 6.10 Å². The van der Waals surface area contributed by atoms with Crippen molar-refractivity contribution in [3.8, 4) is 0 Å². The van der Waals surface area contributed by atoms with E-state index in [0.717, 1.165) is 70.6 Å². The fraction of sp³-hybridized carbons (Fsp3) is 0.806. The van der Waals surface area contributed by atoms with Crippen LogP contribution < -0.4 is 0 Å². The maximum Gasteiger partial charge on any atom is 0.361 e. The number of carboxylic acids is 1. The molecule has 2 atom stereocenters. The third kappa shape index (κ3) is 58.7. The van der Waals surface area contributed by atoms with Gasteiger partial charge in [0.05, 0.1) is 34.4 Å². The van der Waals surface area contributed by atoms with Crippen LogP contribution in [0.2, 0.25) is 0 Å². The zero-order valence-electron chi connectivity index (χ0n) is 50.4. The zero-order chi connectivity index (χ0) is 55.5. The highest BCUT2D eigenvalue weighted by Crippen LogP contribution is 2.18. The van der Waals surface area contributed by atoms with E-state index in [1.165, 1.54) is 193 Å². The van der Waals surface area contributed by atoms with Crippen molar-refractivity contribution >= 4 is 17.9 Å². The highest BCUT2D eigenvalue weighted by molar-refractivity contribution is 5.71. The molecule has 0 aliphatic rings. The monoisotopic (exact) mass is 1070 g/mol. The lowest BCUT2D eigenvalue weighted by Crippen LogP contribution is -2.40. The Morgan fingerprint density at radius 2 is 0.750 bits per heavy atom. The number of carbonyl (C=O) groups excluding carboxylic acids is 2. The summed E-state index contributed by atoms with van der Waals surface area (Å²) in [5.74, 6) is -1.99. The van der Waals surface area contributed by atoms with Gasteiger partial charge in [0.25, 0.3) is 6.29 Å². The van der Waals surface area contributed by atoms with Gasteiger partial charge < -0.3 is 28.5 Å². The minimum atomic E-state index is -1.51. The number of ether oxygens (including phenoxy) is 4. The van der Waals surface area contributed by atoms with Gasteiger partial charge in [0, 0.05) is 12.8 Å². The second kappa shape index (κ2) is 58.1. The Kier molecular flexibility index (Phi) is 55.8. The van der Waals surface area contributed by atoms with E-state index in [1.54, 1.807) is 0 Å². The number of aliphatic carboxylic acids is 1. The Hall–Kier alpha value is -3.01. The van der Waals surface area contributed by atoms with E-state index >= 15 is 0 Å². The van der Waals surface area contributed by atoms with Gasteiger partial charge in [-0.2, -0.15) is 0 Å². The largest absolute Gasteiger partial charge is 0.477 e. The highest BCUT2D eigenvalue weighted by atomic mass is 16.7. The second-order valence-corrected chi connectivity index (χ2v) is 22.7. The van der Waals surface area contributed by atoms with E-state index in [1.807, 2.05) is 21.1 Å². The van der Waals surface area contributed by atoms with Gasteiger partial charge >= 0.3 is 17.9 Å². The molecule has 0 aromatic rings. The maximum atomic E-state index is 12.9. The predicted octanol–water partition coefficient (Wildman–Crippen LogP) is 19.2. The number of hydrogen-bond acceptors (Lipinski definition) is 7. The standard InChI is InChI=1S/C67H121NO8/c1-6-8-10-12-14-16-18-20-22-24-26-28-30-31-32-33-34-35-36-38-40-42-44-46-48-50-52-54-56-58-65(70)76-63(62-75-67(66(71)72)73-60-59-68(3,4)5)61-74-64(69)57-55-53-51-49-47-45-43-41-39-37-29-27-25-23-21-19-17-15-13-11-9-7-2/h8,10,14,16,20,22,26,28,31-32,63,67H,6-7,9,11-13,15,17-19,21,23-25,27,29-30,33-62H2,1-5H3/p+1/b10-8-,16-14-,22-20-,28-26-,32-31-. The summed E-state index contributed by atoms with van der Waals surface area (Å²) in [4.78, 5) is 37.5. The first kappa shape index (κ1) is 73.0. The van der Waals surface area contributed by atoms with Crippen molar-refractivity contribution in [3.63, 3.8) is 0 Å². The van der Waals surface area contributed by atoms with Crippen LogP contribution in [0, 0.1) is 0 Å². The molecule has 0 saturated heterocycles. The Morgan fingerprint density at radius 3 is 1.12 bits per heavy atom. The molecule has 9 heteroatoms. The van der Waals surface area contributed by atoms with Crippen LogP contribution >= 0.6 is 0 Å². The van der Waals surface area contributed by atoms with Crippen molar-refractivity contribution in [2.24, 2.45) is 0 Å². The lowest BCUT2D eigenvalue weighted by molar-refractivity contribution is -0.870. The number of likely N-dealkylation sites (N-methyl/N-ethyl adjacent to an activating group) is 1. The molecule has 76 heavy (non-hydrogen) atoms. The Morgan fingerprint density at radius 1 is 0.408 bits per heavy atom. The molecule has 0 amide bonds. The first-order valence-electron chi connectivity index (χ1n) is 32.0. The number of unbranched alkanes of at least 4 members (excludes halogenated alkanes) is 34. The van der Waals surface area contributed by atoms with Crippen LogP contribution in [0.1, 0.15) is 290 Å². The van der Waals surface area contributed by atoms with Crippen LogP contribution in [-0.2, 0) is 33.3 Å². The van der Waals surface area contributed by atoms with Crippen molar-refractivity contribution in [1.82, 2.24) is 0 Å². The van der Waals surface area contributed by atoms with Crippen LogP contribution in [0.3, 0.4) is 0 Å². The number of rotatable bonds is 59. The minimum Gasteiger partial charge on any atom is -0.477 e. The fourth-order valence-corrected chi connectivity index (χ4v) is 9.16. The summed E-state index contributed by atoms with van der Waals surface area (Å²) in [6.45, 7) is 4.81. The van der Waals surface area contributed by atoms with Gasteiger partial charge in [-0.3, -0.25) is 9.59 Å². The van der Waals surface area contributed by atoms with Crippen LogP contribution in [0.4, 0.5) is 0 Å². The average Bonchev–Trinajstić information content (AvgIpc) is 3.39. The molecule has 9 nitrogen and oxygen atoms in total. The molecule has 0 bridgehead atoms.